The number of hydrogen-bond donors (Lipinski definition) is 2. The van der Waals surface area contributed by atoms with Gasteiger partial charge in [0, 0.05) is 16.4 Å². The number of thiazole rings is 1. The highest BCUT2D eigenvalue weighted by Crippen LogP contribution is 2.50. The van der Waals surface area contributed by atoms with Gasteiger partial charge in [-0.3, -0.25) is 14.4 Å². The number of aromatic nitrogens is 1. The highest BCUT2D eigenvalue weighted by Gasteiger charge is 2.48. The molecule has 3 aromatic rings. The molecule has 33 heavy (non-hydrogen) atoms. The molecule has 0 bridgehead atoms. The van der Waals surface area contributed by atoms with E-state index in [0.717, 1.165) is 64.8 Å². The Kier molecular flexibility index (Phi) is 5.88. The van der Waals surface area contributed by atoms with Gasteiger partial charge in [-0.25, -0.2) is 0 Å². The van der Waals surface area contributed by atoms with E-state index in [9.17, 15) is 19.5 Å². The normalized spacial score (nSPS) is 21.7. The van der Waals surface area contributed by atoms with Gasteiger partial charge in [-0.1, -0.05) is 53.4 Å². The second-order valence-electron chi connectivity index (χ2n) is 8.38. The number of H-pyrrole nitrogens is 1. The molecule has 3 atom stereocenters. The minimum Gasteiger partial charge on any atom is -0.497 e. The van der Waals surface area contributed by atoms with Gasteiger partial charge < -0.3 is 14.8 Å². The van der Waals surface area contributed by atoms with Crippen molar-refractivity contribution in [3.05, 3.63) is 79.3 Å². The Morgan fingerprint density at radius 3 is 2.58 bits per heavy atom. The van der Waals surface area contributed by atoms with Crippen molar-refractivity contribution >= 4 is 34.9 Å². The predicted molar refractivity (Wildman–Crippen MR) is 128 cm³/mol. The van der Waals surface area contributed by atoms with Crippen molar-refractivity contribution in [3.63, 3.8) is 0 Å². The van der Waals surface area contributed by atoms with Crippen molar-refractivity contribution in [3.8, 4) is 5.75 Å². The number of hydrogen-bond acceptors (Lipinski definition) is 6. The van der Waals surface area contributed by atoms with Crippen molar-refractivity contribution in [1.82, 2.24) is 4.98 Å². The molecule has 170 valence electrons. The lowest BCUT2D eigenvalue weighted by atomic mass is 9.75. The average molecular weight is 482 g/mol. The summed E-state index contributed by atoms with van der Waals surface area (Å²) in [6.45, 7) is 0. The Morgan fingerprint density at radius 2 is 1.85 bits per heavy atom. The summed E-state index contributed by atoms with van der Waals surface area (Å²) in [6.07, 6.45) is 3.87. The summed E-state index contributed by atoms with van der Waals surface area (Å²) in [5, 5.41) is 9.67. The van der Waals surface area contributed by atoms with Gasteiger partial charge in [-0.2, -0.15) is 0 Å². The number of ketones is 1. The van der Waals surface area contributed by atoms with E-state index in [0.29, 0.717) is 16.3 Å². The minimum absolute atomic E-state index is 0.166. The first-order valence-corrected chi connectivity index (χ1v) is 12.6. The highest BCUT2D eigenvalue weighted by atomic mass is 32.2. The summed E-state index contributed by atoms with van der Waals surface area (Å²) in [6, 6.07) is 13.1. The molecule has 0 spiro atoms. The van der Waals surface area contributed by atoms with E-state index in [1.807, 2.05) is 24.3 Å². The number of Topliss-reactive ketones (excluding diaryl/α,β-unsaturated/α-hetero) is 1. The van der Waals surface area contributed by atoms with Crippen LogP contribution in [-0.4, -0.2) is 34.2 Å². The lowest BCUT2D eigenvalue weighted by Crippen LogP contribution is -2.40. The van der Waals surface area contributed by atoms with Gasteiger partial charge >= 0.3 is 10.8 Å². The van der Waals surface area contributed by atoms with Crippen LogP contribution in [0, 0.1) is 5.92 Å². The summed E-state index contributed by atoms with van der Waals surface area (Å²) >= 11 is 2.12. The van der Waals surface area contributed by atoms with Gasteiger partial charge in [-0.05, 0) is 54.5 Å². The third kappa shape index (κ3) is 3.91. The molecule has 5 rings (SSSR count). The van der Waals surface area contributed by atoms with E-state index in [4.69, 9.17) is 4.74 Å². The average Bonchev–Trinajstić information content (AvgIpc) is 3.22. The lowest BCUT2D eigenvalue weighted by molar-refractivity contribution is -0.137. The second kappa shape index (κ2) is 8.83. The molecule has 0 unspecified atom stereocenters. The number of carbonyl (C=O) groups is 2. The smallest absolute Gasteiger partial charge is 0.317 e. The fourth-order valence-corrected chi connectivity index (χ4v) is 7.43. The Morgan fingerprint density at radius 1 is 1.09 bits per heavy atom. The number of benzene rings is 2. The van der Waals surface area contributed by atoms with Crippen LogP contribution >= 0.6 is 23.1 Å². The summed E-state index contributed by atoms with van der Waals surface area (Å²) < 4.78 is 5.28. The van der Waals surface area contributed by atoms with E-state index in [1.54, 1.807) is 19.2 Å². The van der Waals surface area contributed by atoms with Crippen LogP contribution in [0.2, 0.25) is 0 Å². The zero-order chi connectivity index (χ0) is 23.1. The monoisotopic (exact) mass is 481 g/mol. The molecule has 0 amide bonds. The first-order chi connectivity index (χ1) is 16.0. The van der Waals surface area contributed by atoms with E-state index >= 15 is 0 Å². The number of aromatic amines is 1. The molecule has 2 aromatic carbocycles. The molecule has 1 aliphatic carbocycles. The maximum atomic E-state index is 14.1. The Hall–Kier alpha value is -2.84. The van der Waals surface area contributed by atoms with Crippen molar-refractivity contribution in [2.45, 2.75) is 41.9 Å². The minimum atomic E-state index is -1.06. The lowest BCUT2D eigenvalue weighted by Gasteiger charge is -2.35. The van der Waals surface area contributed by atoms with Crippen molar-refractivity contribution in [2.24, 2.45) is 5.92 Å². The summed E-state index contributed by atoms with van der Waals surface area (Å²) in [5.41, 5.74) is 3.63. The molecular formula is C25H23NO5S2. The van der Waals surface area contributed by atoms with Crippen LogP contribution < -0.4 is 9.61 Å². The number of thioether (sulfide) groups is 1. The van der Waals surface area contributed by atoms with Crippen LogP contribution in [0.3, 0.4) is 0 Å². The highest BCUT2D eigenvalue weighted by molar-refractivity contribution is 8.00. The third-order valence-electron chi connectivity index (χ3n) is 6.54. The first-order valence-electron chi connectivity index (χ1n) is 10.9. The largest absolute Gasteiger partial charge is 0.497 e. The van der Waals surface area contributed by atoms with E-state index in [2.05, 4.69) is 11.1 Å². The summed E-state index contributed by atoms with van der Waals surface area (Å²) in [7, 11) is 1.58. The van der Waals surface area contributed by atoms with E-state index < -0.39 is 23.1 Å². The molecule has 0 radical (unpaired) electrons. The number of ether oxygens (including phenoxy) is 1. The fraction of sp³-hybridized carbons (Fsp3) is 0.320. The van der Waals surface area contributed by atoms with Gasteiger partial charge in [0.2, 0.25) is 0 Å². The second-order valence-corrected chi connectivity index (χ2v) is 10.5. The van der Waals surface area contributed by atoms with Crippen molar-refractivity contribution in [2.75, 3.05) is 7.11 Å². The molecule has 1 aliphatic heterocycles. The van der Waals surface area contributed by atoms with Gasteiger partial charge in [-0.15, -0.1) is 0 Å². The molecule has 2 heterocycles. The molecule has 0 fully saturated rings. The van der Waals surface area contributed by atoms with Crippen LogP contribution in [0.1, 0.15) is 50.7 Å². The summed E-state index contributed by atoms with van der Waals surface area (Å²) in [5.74, 6) is -1.93. The molecule has 8 heteroatoms. The number of carbonyl (C=O) groups excluding carboxylic acids is 1. The predicted octanol–water partition coefficient (Wildman–Crippen LogP) is 4.51. The van der Waals surface area contributed by atoms with Gasteiger partial charge in [0.25, 0.3) is 0 Å². The fourth-order valence-electron chi connectivity index (χ4n) is 5.01. The number of aliphatic carboxylic acids is 1. The van der Waals surface area contributed by atoms with Gasteiger partial charge in [0.15, 0.2) is 5.78 Å². The topological polar surface area (TPSA) is 96.5 Å². The number of carboxylic acids is 1. The molecule has 0 saturated carbocycles. The van der Waals surface area contributed by atoms with E-state index in [1.165, 1.54) is 5.56 Å². The zero-order valence-corrected chi connectivity index (χ0v) is 19.6. The quantitative estimate of drug-likeness (QED) is 0.521. The number of nitrogens with one attached hydrogen (secondary N) is 1. The van der Waals surface area contributed by atoms with Crippen LogP contribution in [0.25, 0.3) is 0 Å². The number of rotatable bonds is 5. The zero-order valence-electron chi connectivity index (χ0n) is 18.0. The molecule has 1 aromatic heterocycles. The Bertz CT molecular complexity index is 1280. The SMILES string of the molecule is COc1ccc([C@@H]2c3sc(=O)[nH]c3S[C@@H](C(=O)O)[C@@H]2C(=O)c2cccc3c2CCCC3)cc1. The molecular weight excluding hydrogens is 458 g/mol. The van der Waals surface area contributed by atoms with Crippen LogP contribution in [0.4, 0.5) is 0 Å². The number of aryl methyl sites for hydroxylation is 1. The van der Waals surface area contributed by atoms with E-state index in [-0.39, 0.29) is 10.7 Å². The molecule has 6 nitrogen and oxygen atoms in total. The third-order valence-corrected chi connectivity index (χ3v) is 8.94. The molecule has 0 saturated heterocycles. The van der Waals surface area contributed by atoms with Crippen LogP contribution in [0.5, 0.6) is 5.75 Å². The van der Waals surface area contributed by atoms with Gasteiger partial charge in [0.05, 0.1) is 18.1 Å². The Balaban J connectivity index is 1.68. The molecule has 2 N–H and O–H groups in total. The van der Waals surface area contributed by atoms with Crippen LogP contribution in [0.15, 0.2) is 52.3 Å². The first kappa shape index (κ1) is 22.0. The number of carboxylic acid groups (broad SMARTS) is 1. The maximum absolute atomic E-state index is 14.1. The number of fused-ring (bicyclic) bond motifs is 2. The standard InChI is InChI=1S/C25H23NO5S2/c1-31-15-11-9-14(10-12-15)18-19(22(24(28)29)32-23-21(18)33-25(30)26-23)20(27)17-8-4-6-13-5-2-3-7-16(13)17/h4,6,8-12,18-19,22H,2-3,5,7H2,1H3,(H,26,30)(H,28,29)/t18-,19-,22+/m0/s1. The maximum Gasteiger partial charge on any atom is 0.317 e. The summed E-state index contributed by atoms with van der Waals surface area (Å²) in [4.78, 5) is 42.0. The van der Waals surface area contributed by atoms with Crippen molar-refractivity contribution in [1.29, 1.82) is 0 Å². The number of methoxy groups -OCH3 is 1. The Labute approximate surface area is 199 Å². The van der Waals surface area contributed by atoms with Crippen molar-refractivity contribution < 1.29 is 19.4 Å². The van der Waals surface area contributed by atoms with Crippen LogP contribution in [-0.2, 0) is 17.6 Å². The van der Waals surface area contributed by atoms with Gasteiger partial charge in [0.1, 0.15) is 11.0 Å². The molecule has 2 aliphatic rings.